The van der Waals surface area contributed by atoms with Gasteiger partial charge in [-0.05, 0) is 25.3 Å². The SMILES string of the molecule is CC(=O)[C@@]1(c2ccccc2)CCCCC1=O. The first-order chi connectivity index (χ1) is 7.68. The average molecular weight is 216 g/mol. The van der Waals surface area contributed by atoms with E-state index in [2.05, 4.69) is 0 Å². The molecule has 2 rings (SSSR count). The largest absolute Gasteiger partial charge is 0.299 e. The monoisotopic (exact) mass is 216 g/mol. The molecule has 0 aromatic heterocycles. The van der Waals surface area contributed by atoms with Gasteiger partial charge in [-0.2, -0.15) is 0 Å². The summed E-state index contributed by atoms with van der Waals surface area (Å²) in [5.74, 6) is 0.0841. The third-order valence-electron chi connectivity index (χ3n) is 3.55. The number of carbonyl (C=O) groups excluding carboxylic acids is 2. The highest BCUT2D eigenvalue weighted by molar-refractivity contribution is 6.12. The summed E-state index contributed by atoms with van der Waals surface area (Å²) in [6.45, 7) is 1.54. The number of hydrogen-bond acceptors (Lipinski definition) is 2. The van der Waals surface area contributed by atoms with Crippen LogP contribution in [0.1, 0.15) is 38.2 Å². The second-order valence-electron chi connectivity index (χ2n) is 4.46. The molecule has 1 fully saturated rings. The van der Waals surface area contributed by atoms with E-state index in [0.29, 0.717) is 12.8 Å². The molecule has 1 aliphatic carbocycles. The van der Waals surface area contributed by atoms with Crippen LogP contribution in [0, 0.1) is 0 Å². The lowest BCUT2D eigenvalue weighted by Gasteiger charge is -2.33. The fourth-order valence-corrected chi connectivity index (χ4v) is 2.63. The van der Waals surface area contributed by atoms with Gasteiger partial charge in [0, 0.05) is 6.42 Å². The lowest BCUT2D eigenvalue weighted by molar-refractivity contribution is -0.136. The van der Waals surface area contributed by atoms with Crippen molar-refractivity contribution < 1.29 is 9.59 Å². The minimum absolute atomic E-state index is 0.0107. The predicted molar refractivity (Wildman–Crippen MR) is 62.3 cm³/mol. The first-order valence-corrected chi connectivity index (χ1v) is 5.78. The third-order valence-corrected chi connectivity index (χ3v) is 3.55. The molecular weight excluding hydrogens is 200 g/mol. The van der Waals surface area contributed by atoms with Gasteiger partial charge in [0.1, 0.15) is 11.2 Å². The van der Waals surface area contributed by atoms with Gasteiger partial charge in [-0.3, -0.25) is 9.59 Å². The molecule has 84 valence electrons. The van der Waals surface area contributed by atoms with Gasteiger partial charge in [-0.15, -0.1) is 0 Å². The Hall–Kier alpha value is -1.44. The fraction of sp³-hybridized carbons (Fsp3) is 0.429. The zero-order valence-corrected chi connectivity index (χ0v) is 9.53. The number of benzene rings is 1. The number of hydrogen-bond donors (Lipinski definition) is 0. The molecule has 2 heteroatoms. The van der Waals surface area contributed by atoms with Crippen molar-refractivity contribution in [3.8, 4) is 0 Å². The molecule has 1 aromatic rings. The minimum Gasteiger partial charge on any atom is -0.299 e. The van der Waals surface area contributed by atoms with Crippen molar-refractivity contribution in [2.75, 3.05) is 0 Å². The summed E-state index contributed by atoms with van der Waals surface area (Å²) in [4.78, 5) is 24.0. The number of ketones is 2. The van der Waals surface area contributed by atoms with Crippen LogP contribution in [-0.2, 0) is 15.0 Å². The number of rotatable bonds is 2. The lowest BCUT2D eigenvalue weighted by atomic mass is 9.66. The van der Waals surface area contributed by atoms with Crippen molar-refractivity contribution in [1.82, 2.24) is 0 Å². The van der Waals surface area contributed by atoms with E-state index in [1.54, 1.807) is 0 Å². The molecule has 1 aliphatic rings. The van der Waals surface area contributed by atoms with E-state index < -0.39 is 5.41 Å². The molecule has 0 amide bonds. The summed E-state index contributed by atoms with van der Waals surface area (Å²) in [5.41, 5.74) is 0.0201. The average Bonchev–Trinajstić information content (AvgIpc) is 2.30. The second-order valence-corrected chi connectivity index (χ2v) is 4.46. The Morgan fingerprint density at radius 3 is 2.44 bits per heavy atom. The van der Waals surface area contributed by atoms with Crippen molar-refractivity contribution in [3.05, 3.63) is 35.9 Å². The van der Waals surface area contributed by atoms with E-state index in [-0.39, 0.29) is 11.6 Å². The van der Waals surface area contributed by atoms with E-state index in [4.69, 9.17) is 0 Å². The van der Waals surface area contributed by atoms with Crippen molar-refractivity contribution in [3.63, 3.8) is 0 Å². The van der Waals surface area contributed by atoms with Crippen LogP contribution in [0.5, 0.6) is 0 Å². The Morgan fingerprint density at radius 2 is 1.88 bits per heavy atom. The normalized spacial score (nSPS) is 25.4. The standard InChI is InChI=1S/C14H16O2/c1-11(15)14(10-6-5-9-13(14)16)12-7-3-2-4-8-12/h2-4,7-8H,5-6,9-10H2,1H3/t14-/m1/s1. The second kappa shape index (κ2) is 4.20. The summed E-state index contributed by atoms with van der Waals surface area (Å²) >= 11 is 0. The molecule has 16 heavy (non-hydrogen) atoms. The van der Waals surface area contributed by atoms with E-state index in [1.165, 1.54) is 6.92 Å². The van der Waals surface area contributed by atoms with Crippen molar-refractivity contribution in [1.29, 1.82) is 0 Å². The number of Topliss-reactive ketones (excluding diaryl/α,β-unsaturated/α-hetero) is 2. The van der Waals surface area contributed by atoms with Crippen LogP contribution in [-0.4, -0.2) is 11.6 Å². The molecule has 0 spiro atoms. The van der Waals surface area contributed by atoms with Crippen LogP contribution >= 0.6 is 0 Å². The minimum atomic E-state index is -0.848. The van der Waals surface area contributed by atoms with E-state index in [1.807, 2.05) is 30.3 Å². The van der Waals surface area contributed by atoms with Gasteiger partial charge in [0.15, 0.2) is 5.78 Å². The highest BCUT2D eigenvalue weighted by Gasteiger charge is 2.45. The van der Waals surface area contributed by atoms with Gasteiger partial charge < -0.3 is 0 Å². The van der Waals surface area contributed by atoms with Crippen LogP contribution < -0.4 is 0 Å². The van der Waals surface area contributed by atoms with Crippen molar-refractivity contribution >= 4 is 11.6 Å². The molecule has 1 atom stereocenters. The Kier molecular flexibility index (Phi) is 2.90. The molecule has 2 nitrogen and oxygen atoms in total. The van der Waals surface area contributed by atoms with Gasteiger partial charge in [0.2, 0.25) is 0 Å². The molecule has 0 unspecified atom stereocenters. The molecule has 0 N–H and O–H groups in total. The quantitative estimate of drug-likeness (QED) is 0.712. The number of carbonyl (C=O) groups is 2. The molecule has 0 heterocycles. The zero-order chi connectivity index (χ0) is 11.6. The van der Waals surface area contributed by atoms with Gasteiger partial charge in [-0.1, -0.05) is 36.8 Å². The molecular formula is C14H16O2. The van der Waals surface area contributed by atoms with Crippen molar-refractivity contribution in [2.24, 2.45) is 0 Å². The molecule has 0 saturated heterocycles. The first-order valence-electron chi connectivity index (χ1n) is 5.78. The van der Waals surface area contributed by atoms with E-state index in [9.17, 15) is 9.59 Å². The summed E-state index contributed by atoms with van der Waals surface area (Å²) in [6, 6.07) is 9.48. The maximum absolute atomic E-state index is 12.1. The first kappa shape index (κ1) is 11.1. The van der Waals surface area contributed by atoms with E-state index >= 15 is 0 Å². The summed E-state index contributed by atoms with van der Waals surface area (Å²) < 4.78 is 0. The third kappa shape index (κ3) is 1.58. The Labute approximate surface area is 95.7 Å². The highest BCUT2D eigenvalue weighted by Crippen LogP contribution is 2.37. The van der Waals surface area contributed by atoms with Crippen LogP contribution in [0.2, 0.25) is 0 Å². The molecule has 0 radical (unpaired) electrons. The topological polar surface area (TPSA) is 34.1 Å². The van der Waals surface area contributed by atoms with Gasteiger partial charge in [0.05, 0.1) is 0 Å². The predicted octanol–water partition coefficient (Wildman–Crippen LogP) is 2.66. The molecule has 0 aliphatic heterocycles. The van der Waals surface area contributed by atoms with Crippen LogP contribution in [0.15, 0.2) is 30.3 Å². The molecule has 0 bridgehead atoms. The Bertz CT molecular complexity index is 408. The van der Waals surface area contributed by atoms with Gasteiger partial charge in [-0.25, -0.2) is 0 Å². The van der Waals surface area contributed by atoms with Crippen molar-refractivity contribution in [2.45, 2.75) is 38.0 Å². The van der Waals surface area contributed by atoms with E-state index in [0.717, 1.165) is 18.4 Å². The highest BCUT2D eigenvalue weighted by atomic mass is 16.2. The van der Waals surface area contributed by atoms with Crippen LogP contribution in [0.4, 0.5) is 0 Å². The van der Waals surface area contributed by atoms with Gasteiger partial charge in [0.25, 0.3) is 0 Å². The Balaban J connectivity index is 2.51. The molecule has 1 saturated carbocycles. The fourth-order valence-electron chi connectivity index (χ4n) is 2.63. The lowest BCUT2D eigenvalue weighted by Crippen LogP contribution is -2.44. The Morgan fingerprint density at radius 1 is 1.19 bits per heavy atom. The summed E-state index contributed by atoms with van der Waals surface area (Å²) in [6.07, 6.45) is 3.08. The maximum Gasteiger partial charge on any atom is 0.150 e. The van der Waals surface area contributed by atoms with Crippen LogP contribution in [0.3, 0.4) is 0 Å². The zero-order valence-electron chi connectivity index (χ0n) is 9.53. The smallest absolute Gasteiger partial charge is 0.150 e. The maximum atomic E-state index is 12.1. The van der Waals surface area contributed by atoms with Gasteiger partial charge >= 0.3 is 0 Å². The summed E-state index contributed by atoms with van der Waals surface area (Å²) in [7, 11) is 0. The summed E-state index contributed by atoms with van der Waals surface area (Å²) in [5, 5.41) is 0. The molecule has 1 aromatic carbocycles. The van der Waals surface area contributed by atoms with Crippen LogP contribution in [0.25, 0.3) is 0 Å².